The SMILES string of the molecule is O=C(c1cnc(-c2ccccc2)nc1)N1CCCC1c1ccc(Br)cc1. The number of hydrogen-bond acceptors (Lipinski definition) is 3. The van der Waals surface area contributed by atoms with Gasteiger partial charge in [-0.15, -0.1) is 0 Å². The fourth-order valence-corrected chi connectivity index (χ4v) is 3.65. The van der Waals surface area contributed by atoms with E-state index in [4.69, 9.17) is 0 Å². The second-order valence-electron chi connectivity index (χ2n) is 6.37. The molecule has 4 nitrogen and oxygen atoms in total. The van der Waals surface area contributed by atoms with Gasteiger partial charge in [0, 0.05) is 29.0 Å². The monoisotopic (exact) mass is 407 g/mol. The van der Waals surface area contributed by atoms with Crippen molar-refractivity contribution >= 4 is 21.8 Å². The first kappa shape index (κ1) is 16.9. The van der Waals surface area contributed by atoms with Crippen molar-refractivity contribution in [1.82, 2.24) is 14.9 Å². The lowest BCUT2D eigenvalue weighted by atomic mass is 10.0. The first-order valence-corrected chi connectivity index (χ1v) is 9.45. The third-order valence-electron chi connectivity index (χ3n) is 4.70. The van der Waals surface area contributed by atoms with Gasteiger partial charge in [0.25, 0.3) is 5.91 Å². The highest BCUT2D eigenvalue weighted by atomic mass is 79.9. The maximum absolute atomic E-state index is 13.0. The lowest BCUT2D eigenvalue weighted by Gasteiger charge is -2.25. The Balaban J connectivity index is 1.55. The molecule has 0 radical (unpaired) electrons. The summed E-state index contributed by atoms with van der Waals surface area (Å²) in [4.78, 5) is 23.7. The summed E-state index contributed by atoms with van der Waals surface area (Å²) in [6.07, 6.45) is 5.26. The van der Waals surface area contributed by atoms with Crippen LogP contribution in [0.25, 0.3) is 11.4 Å². The molecule has 0 spiro atoms. The number of amides is 1. The second-order valence-corrected chi connectivity index (χ2v) is 7.29. The van der Waals surface area contributed by atoms with Gasteiger partial charge in [-0.05, 0) is 30.5 Å². The van der Waals surface area contributed by atoms with Gasteiger partial charge >= 0.3 is 0 Å². The molecule has 2 aromatic carbocycles. The fraction of sp³-hybridized carbons (Fsp3) is 0.190. The summed E-state index contributed by atoms with van der Waals surface area (Å²) in [7, 11) is 0. The van der Waals surface area contributed by atoms with Crippen LogP contribution in [-0.2, 0) is 0 Å². The molecule has 1 saturated heterocycles. The van der Waals surface area contributed by atoms with E-state index >= 15 is 0 Å². The van der Waals surface area contributed by atoms with Gasteiger partial charge in [0.1, 0.15) is 0 Å². The van der Waals surface area contributed by atoms with E-state index in [-0.39, 0.29) is 11.9 Å². The minimum absolute atomic E-state index is 0.00460. The van der Waals surface area contributed by atoms with Crippen LogP contribution < -0.4 is 0 Å². The smallest absolute Gasteiger partial charge is 0.257 e. The number of hydrogen-bond donors (Lipinski definition) is 0. The molecule has 1 amide bonds. The van der Waals surface area contributed by atoms with Crippen molar-refractivity contribution in [1.29, 1.82) is 0 Å². The Labute approximate surface area is 161 Å². The molecule has 0 saturated carbocycles. The quantitative estimate of drug-likeness (QED) is 0.621. The molecule has 3 aromatic rings. The zero-order chi connectivity index (χ0) is 17.9. The number of nitrogens with zero attached hydrogens (tertiary/aromatic N) is 3. The van der Waals surface area contributed by atoms with E-state index in [9.17, 15) is 4.79 Å². The first-order valence-electron chi connectivity index (χ1n) is 8.66. The first-order chi connectivity index (χ1) is 12.7. The lowest BCUT2D eigenvalue weighted by Crippen LogP contribution is -2.30. The van der Waals surface area contributed by atoms with E-state index in [0.29, 0.717) is 11.4 Å². The molecule has 0 aliphatic carbocycles. The van der Waals surface area contributed by atoms with E-state index in [1.54, 1.807) is 12.4 Å². The second kappa shape index (κ2) is 7.38. The van der Waals surface area contributed by atoms with Crippen LogP contribution >= 0.6 is 15.9 Å². The van der Waals surface area contributed by atoms with Crippen LogP contribution in [0.2, 0.25) is 0 Å². The van der Waals surface area contributed by atoms with Crippen LogP contribution in [0.4, 0.5) is 0 Å². The van der Waals surface area contributed by atoms with Gasteiger partial charge in [-0.25, -0.2) is 9.97 Å². The summed E-state index contributed by atoms with van der Waals surface area (Å²) < 4.78 is 1.04. The Morgan fingerprint density at radius 3 is 2.38 bits per heavy atom. The van der Waals surface area contributed by atoms with Gasteiger partial charge in [0.05, 0.1) is 11.6 Å². The molecule has 0 N–H and O–H groups in total. The Hall–Kier alpha value is -2.53. The van der Waals surface area contributed by atoms with Crippen molar-refractivity contribution in [2.75, 3.05) is 6.54 Å². The number of aromatic nitrogens is 2. The van der Waals surface area contributed by atoms with Crippen molar-refractivity contribution in [2.45, 2.75) is 18.9 Å². The topological polar surface area (TPSA) is 46.1 Å². The molecule has 1 atom stereocenters. The number of carbonyl (C=O) groups is 1. The third-order valence-corrected chi connectivity index (χ3v) is 5.23. The highest BCUT2D eigenvalue weighted by Gasteiger charge is 2.30. The van der Waals surface area contributed by atoms with Crippen LogP contribution in [0.5, 0.6) is 0 Å². The molecule has 5 heteroatoms. The molecule has 1 aromatic heterocycles. The molecule has 1 fully saturated rings. The number of benzene rings is 2. The highest BCUT2D eigenvalue weighted by molar-refractivity contribution is 9.10. The van der Waals surface area contributed by atoms with E-state index in [1.165, 1.54) is 5.56 Å². The molecular formula is C21H18BrN3O. The Morgan fingerprint density at radius 2 is 1.69 bits per heavy atom. The number of rotatable bonds is 3. The molecule has 4 rings (SSSR count). The molecular weight excluding hydrogens is 390 g/mol. The minimum Gasteiger partial charge on any atom is -0.332 e. The van der Waals surface area contributed by atoms with Crippen LogP contribution in [0, 0.1) is 0 Å². The molecule has 130 valence electrons. The van der Waals surface area contributed by atoms with Crippen molar-refractivity contribution in [2.24, 2.45) is 0 Å². The molecule has 1 aliphatic heterocycles. The van der Waals surface area contributed by atoms with Crippen LogP contribution in [0.1, 0.15) is 34.8 Å². The van der Waals surface area contributed by atoms with Gasteiger partial charge < -0.3 is 4.90 Å². The molecule has 2 heterocycles. The summed E-state index contributed by atoms with van der Waals surface area (Å²) in [6.45, 7) is 0.764. The van der Waals surface area contributed by atoms with E-state index in [0.717, 1.165) is 29.4 Å². The Kier molecular flexibility index (Phi) is 4.80. The Morgan fingerprint density at radius 1 is 1.00 bits per heavy atom. The maximum Gasteiger partial charge on any atom is 0.257 e. The maximum atomic E-state index is 13.0. The average Bonchev–Trinajstić information content (AvgIpc) is 3.19. The van der Waals surface area contributed by atoms with Crippen LogP contribution in [0.15, 0.2) is 71.5 Å². The zero-order valence-corrected chi connectivity index (χ0v) is 15.8. The van der Waals surface area contributed by atoms with Crippen molar-refractivity contribution < 1.29 is 4.79 Å². The van der Waals surface area contributed by atoms with Crippen molar-refractivity contribution in [3.8, 4) is 11.4 Å². The van der Waals surface area contributed by atoms with Crippen LogP contribution in [0.3, 0.4) is 0 Å². The van der Waals surface area contributed by atoms with Gasteiger partial charge in [0.2, 0.25) is 0 Å². The fourth-order valence-electron chi connectivity index (χ4n) is 3.38. The van der Waals surface area contributed by atoms with Gasteiger partial charge in [0.15, 0.2) is 5.82 Å². The van der Waals surface area contributed by atoms with E-state index < -0.39 is 0 Å². The summed E-state index contributed by atoms with van der Waals surface area (Å²) in [5, 5.41) is 0. The van der Waals surface area contributed by atoms with E-state index in [2.05, 4.69) is 38.0 Å². The molecule has 26 heavy (non-hydrogen) atoms. The largest absolute Gasteiger partial charge is 0.332 e. The molecule has 0 bridgehead atoms. The molecule has 1 unspecified atom stereocenters. The van der Waals surface area contributed by atoms with Crippen molar-refractivity contribution in [3.63, 3.8) is 0 Å². The highest BCUT2D eigenvalue weighted by Crippen LogP contribution is 2.33. The lowest BCUT2D eigenvalue weighted by molar-refractivity contribution is 0.0735. The summed E-state index contributed by atoms with van der Waals surface area (Å²) in [5.74, 6) is 0.628. The van der Waals surface area contributed by atoms with Crippen LogP contribution in [-0.4, -0.2) is 27.3 Å². The summed E-state index contributed by atoms with van der Waals surface area (Å²) in [6, 6.07) is 18.1. The molecule has 1 aliphatic rings. The third kappa shape index (κ3) is 3.40. The van der Waals surface area contributed by atoms with Gasteiger partial charge in [-0.3, -0.25) is 4.79 Å². The number of carbonyl (C=O) groups excluding carboxylic acids is 1. The predicted molar refractivity (Wildman–Crippen MR) is 105 cm³/mol. The van der Waals surface area contributed by atoms with E-state index in [1.807, 2.05) is 47.4 Å². The standard InChI is InChI=1S/C21H18BrN3O/c22-18-10-8-15(9-11-18)19-7-4-12-25(19)21(26)17-13-23-20(24-14-17)16-5-2-1-3-6-16/h1-3,5-6,8-11,13-14,19H,4,7,12H2. The number of likely N-dealkylation sites (tertiary alicyclic amines) is 1. The zero-order valence-electron chi connectivity index (χ0n) is 14.2. The van der Waals surface area contributed by atoms with Gasteiger partial charge in [-0.1, -0.05) is 58.4 Å². The van der Waals surface area contributed by atoms with Gasteiger partial charge in [-0.2, -0.15) is 0 Å². The minimum atomic E-state index is -0.00460. The average molecular weight is 408 g/mol. The summed E-state index contributed by atoms with van der Waals surface area (Å²) in [5.41, 5.74) is 2.65. The Bertz CT molecular complexity index is 895. The summed E-state index contributed by atoms with van der Waals surface area (Å²) >= 11 is 3.46. The van der Waals surface area contributed by atoms with Crippen molar-refractivity contribution in [3.05, 3.63) is 82.6 Å². The normalized spacial score (nSPS) is 16.7. The number of halogens is 1. The predicted octanol–water partition coefficient (Wildman–Crippen LogP) is 4.88.